The molecule has 1 unspecified atom stereocenters. The smallest absolute Gasteiger partial charge is 0.185 e. The third kappa shape index (κ3) is 3.91. The molecule has 0 amide bonds. The zero-order valence-electron chi connectivity index (χ0n) is 17.4. The Labute approximate surface area is 181 Å². The maximum absolute atomic E-state index is 11.3. The first-order valence-electron chi connectivity index (χ1n) is 9.98. The average molecular weight is 419 g/mol. The number of thiazole rings is 1. The second-order valence-corrected chi connectivity index (χ2v) is 8.98. The molecular formula is C25H26N2O2S. The molecule has 0 spiro atoms. The molecule has 4 nitrogen and oxygen atoms in total. The van der Waals surface area contributed by atoms with Gasteiger partial charge in [-0.15, -0.1) is 0 Å². The van der Waals surface area contributed by atoms with Crippen molar-refractivity contribution in [3.63, 3.8) is 0 Å². The summed E-state index contributed by atoms with van der Waals surface area (Å²) in [7, 11) is 1.64. The molecule has 5 heteroatoms. The van der Waals surface area contributed by atoms with Gasteiger partial charge in [-0.3, -0.25) is 0 Å². The summed E-state index contributed by atoms with van der Waals surface area (Å²) in [5.41, 5.74) is 2.63. The molecule has 0 saturated carbocycles. The fraction of sp³-hybridized carbons (Fsp3) is 0.240. The van der Waals surface area contributed by atoms with Gasteiger partial charge < -0.3 is 15.2 Å². The maximum atomic E-state index is 11.3. The van der Waals surface area contributed by atoms with Gasteiger partial charge in [-0.05, 0) is 23.3 Å². The Balaban J connectivity index is 1.68. The number of methoxy groups -OCH3 is 1. The van der Waals surface area contributed by atoms with Gasteiger partial charge in [-0.1, -0.05) is 91.9 Å². The summed E-state index contributed by atoms with van der Waals surface area (Å²) in [5, 5.41) is 15.2. The van der Waals surface area contributed by atoms with E-state index in [-0.39, 0.29) is 5.92 Å². The monoisotopic (exact) mass is 418 g/mol. The topological polar surface area (TPSA) is 54.4 Å². The zero-order chi connectivity index (χ0) is 21.1. The SMILES string of the molecule is COc1cccc2sc(NC(O)C(C)(C)C(c3ccccc3)c3ccccc3)nc12. The summed E-state index contributed by atoms with van der Waals surface area (Å²) in [5.74, 6) is 0.739. The molecule has 0 radical (unpaired) electrons. The van der Waals surface area contributed by atoms with Crippen LogP contribution in [0.3, 0.4) is 0 Å². The van der Waals surface area contributed by atoms with E-state index in [4.69, 9.17) is 4.74 Å². The molecule has 4 aromatic rings. The van der Waals surface area contributed by atoms with E-state index in [9.17, 15) is 5.11 Å². The van der Waals surface area contributed by atoms with Gasteiger partial charge in [-0.25, -0.2) is 4.98 Å². The summed E-state index contributed by atoms with van der Waals surface area (Å²) >= 11 is 1.51. The van der Waals surface area contributed by atoms with Gasteiger partial charge in [0.25, 0.3) is 0 Å². The minimum absolute atomic E-state index is 0.00585. The Morgan fingerprint density at radius 3 is 2.07 bits per heavy atom. The van der Waals surface area contributed by atoms with E-state index in [1.54, 1.807) is 7.11 Å². The van der Waals surface area contributed by atoms with Crippen molar-refractivity contribution >= 4 is 26.7 Å². The summed E-state index contributed by atoms with van der Waals surface area (Å²) < 4.78 is 6.44. The molecule has 0 aliphatic rings. The van der Waals surface area contributed by atoms with Crippen LogP contribution in [0, 0.1) is 5.41 Å². The molecule has 0 aliphatic carbocycles. The van der Waals surface area contributed by atoms with E-state index in [0.29, 0.717) is 5.13 Å². The van der Waals surface area contributed by atoms with Crippen molar-refractivity contribution in [3.05, 3.63) is 90.0 Å². The Kier molecular flexibility index (Phi) is 5.75. The van der Waals surface area contributed by atoms with Crippen molar-refractivity contribution in [3.8, 4) is 5.75 Å². The Morgan fingerprint density at radius 1 is 0.900 bits per heavy atom. The molecule has 0 aliphatic heterocycles. The lowest BCUT2D eigenvalue weighted by Crippen LogP contribution is -2.41. The second-order valence-electron chi connectivity index (χ2n) is 7.95. The molecule has 1 heterocycles. The number of nitrogens with zero attached hydrogens (tertiary/aromatic N) is 1. The number of hydrogen-bond acceptors (Lipinski definition) is 5. The highest BCUT2D eigenvalue weighted by atomic mass is 32.1. The number of fused-ring (bicyclic) bond motifs is 1. The Hall–Kier alpha value is -2.89. The van der Waals surface area contributed by atoms with Crippen LogP contribution in [-0.2, 0) is 0 Å². The van der Waals surface area contributed by atoms with Crippen molar-refractivity contribution in [2.75, 3.05) is 12.4 Å². The molecular weight excluding hydrogens is 392 g/mol. The number of nitrogens with one attached hydrogen (secondary N) is 1. The summed E-state index contributed by atoms with van der Waals surface area (Å²) in [6, 6.07) is 26.5. The van der Waals surface area contributed by atoms with E-state index >= 15 is 0 Å². The highest BCUT2D eigenvalue weighted by molar-refractivity contribution is 7.22. The molecule has 4 rings (SSSR count). The summed E-state index contributed by atoms with van der Waals surface area (Å²) in [4.78, 5) is 4.66. The number of benzene rings is 3. The van der Waals surface area contributed by atoms with Crippen LogP contribution in [0.1, 0.15) is 30.9 Å². The third-order valence-electron chi connectivity index (χ3n) is 5.58. The van der Waals surface area contributed by atoms with E-state index in [1.165, 1.54) is 22.5 Å². The molecule has 3 aromatic carbocycles. The van der Waals surface area contributed by atoms with Crippen molar-refractivity contribution in [2.45, 2.75) is 26.0 Å². The van der Waals surface area contributed by atoms with Crippen molar-refractivity contribution in [1.82, 2.24) is 4.98 Å². The minimum Gasteiger partial charge on any atom is -0.494 e. The summed E-state index contributed by atoms with van der Waals surface area (Å²) in [6.45, 7) is 4.17. The van der Waals surface area contributed by atoms with Gasteiger partial charge in [0.05, 0.1) is 11.8 Å². The van der Waals surface area contributed by atoms with Crippen LogP contribution in [-0.4, -0.2) is 23.4 Å². The second kappa shape index (κ2) is 8.46. The fourth-order valence-corrected chi connectivity index (χ4v) is 4.86. The molecule has 0 bridgehead atoms. The largest absolute Gasteiger partial charge is 0.494 e. The molecule has 1 aromatic heterocycles. The normalized spacial score (nSPS) is 12.8. The van der Waals surface area contributed by atoms with Crippen molar-refractivity contribution in [2.24, 2.45) is 5.41 Å². The first-order chi connectivity index (χ1) is 14.5. The average Bonchev–Trinajstić information content (AvgIpc) is 3.17. The lowest BCUT2D eigenvalue weighted by molar-refractivity contribution is 0.0613. The first kappa shape index (κ1) is 20.4. The molecule has 0 fully saturated rings. The van der Waals surface area contributed by atoms with Crippen LogP contribution in [0.5, 0.6) is 5.75 Å². The van der Waals surface area contributed by atoms with Crippen LogP contribution in [0.15, 0.2) is 78.9 Å². The van der Waals surface area contributed by atoms with Crippen molar-refractivity contribution in [1.29, 1.82) is 0 Å². The zero-order valence-corrected chi connectivity index (χ0v) is 18.2. The Bertz CT molecular complexity index is 1070. The highest BCUT2D eigenvalue weighted by Gasteiger charge is 2.39. The lowest BCUT2D eigenvalue weighted by Gasteiger charge is -2.39. The van der Waals surface area contributed by atoms with Gasteiger partial charge in [0, 0.05) is 11.3 Å². The van der Waals surface area contributed by atoms with Crippen LogP contribution in [0.2, 0.25) is 0 Å². The number of aliphatic hydroxyl groups is 1. The standard InChI is InChI=1S/C25H26N2O2S/c1-25(2,21(17-11-6-4-7-12-17)18-13-8-5-9-14-18)23(28)27-24-26-22-19(29-3)15-10-16-20(22)30-24/h4-16,21,23,28H,1-3H3,(H,26,27). The molecule has 1 atom stereocenters. The number of hydrogen-bond donors (Lipinski definition) is 2. The van der Waals surface area contributed by atoms with E-state index in [1.807, 2.05) is 54.6 Å². The van der Waals surface area contributed by atoms with Gasteiger partial charge in [0.1, 0.15) is 17.5 Å². The number of aliphatic hydroxyl groups excluding tert-OH is 1. The van der Waals surface area contributed by atoms with Crippen LogP contribution in [0.25, 0.3) is 10.2 Å². The van der Waals surface area contributed by atoms with Crippen LogP contribution < -0.4 is 10.1 Å². The van der Waals surface area contributed by atoms with Gasteiger partial charge in [-0.2, -0.15) is 0 Å². The molecule has 154 valence electrons. The quantitative estimate of drug-likeness (QED) is 0.367. The van der Waals surface area contributed by atoms with E-state index in [0.717, 1.165) is 16.0 Å². The minimum atomic E-state index is -0.811. The molecule has 2 N–H and O–H groups in total. The number of aromatic nitrogens is 1. The predicted molar refractivity (Wildman–Crippen MR) is 124 cm³/mol. The van der Waals surface area contributed by atoms with E-state index < -0.39 is 11.6 Å². The fourth-order valence-electron chi connectivity index (χ4n) is 3.95. The van der Waals surface area contributed by atoms with Crippen LogP contribution >= 0.6 is 11.3 Å². The van der Waals surface area contributed by atoms with Crippen molar-refractivity contribution < 1.29 is 9.84 Å². The first-order valence-corrected chi connectivity index (χ1v) is 10.8. The predicted octanol–water partition coefficient (Wildman–Crippen LogP) is 5.89. The number of ether oxygens (including phenoxy) is 1. The number of anilines is 1. The molecule has 0 saturated heterocycles. The van der Waals surface area contributed by atoms with Crippen LogP contribution in [0.4, 0.5) is 5.13 Å². The van der Waals surface area contributed by atoms with E-state index in [2.05, 4.69) is 48.4 Å². The van der Waals surface area contributed by atoms with Gasteiger partial charge >= 0.3 is 0 Å². The summed E-state index contributed by atoms with van der Waals surface area (Å²) in [6.07, 6.45) is -0.811. The van der Waals surface area contributed by atoms with Gasteiger partial charge in [0.15, 0.2) is 5.13 Å². The highest BCUT2D eigenvalue weighted by Crippen LogP contribution is 2.44. The maximum Gasteiger partial charge on any atom is 0.185 e. The molecule has 30 heavy (non-hydrogen) atoms. The Morgan fingerprint density at radius 2 is 1.50 bits per heavy atom. The number of para-hydroxylation sites is 1. The third-order valence-corrected chi connectivity index (χ3v) is 6.53. The lowest BCUT2D eigenvalue weighted by atomic mass is 9.70. The number of rotatable bonds is 7. The van der Waals surface area contributed by atoms with Gasteiger partial charge in [0.2, 0.25) is 0 Å².